The Balaban J connectivity index is 0.834. The van der Waals surface area contributed by atoms with Crippen molar-refractivity contribution < 1.29 is 42.9 Å². The molecule has 2 saturated carbocycles. The first kappa shape index (κ1) is 37.1. The van der Waals surface area contributed by atoms with Gasteiger partial charge in [-0.1, -0.05) is 62.6 Å². The molecule has 2 saturated heterocycles. The molecule has 6 rings (SSSR count). The van der Waals surface area contributed by atoms with E-state index in [1.54, 1.807) is 24.3 Å². The topological polar surface area (TPSA) is 118 Å². The molecule has 51 heavy (non-hydrogen) atoms. The number of epoxide rings is 1. The molecular formula is C41H53BO9. The monoisotopic (exact) mass is 700 g/mol. The van der Waals surface area contributed by atoms with E-state index in [9.17, 15) is 19.2 Å². The maximum absolute atomic E-state index is 12.4. The van der Waals surface area contributed by atoms with Crippen molar-refractivity contribution in [2.24, 2.45) is 11.8 Å². The summed E-state index contributed by atoms with van der Waals surface area (Å²) >= 11 is 0. The van der Waals surface area contributed by atoms with E-state index in [1.807, 2.05) is 24.3 Å². The van der Waals surface area contributed by atoms with Gasteiger partial charge in [-0.25, -0.2) is 0 Å². The van der Waals surface area contributed by atoms with E-state index in [0.29, 0.717) is 87.3 Å². The summed E-state index contributed by atoms with van der Waals surface area (Å²) in [5.41, 5.74) is 1.73. The summed E-state index contributed by atoms with van der Waals surface area (Å²) in [6.07, 6.45) is 11.0. The van der Waals surface area contributed by atoms with E-state index in [-0.39, 0.29) is 42.1 Å². The highest BCUT2D eigenvalue weighted by Gasteiger charge is 2.44. The first-order chi connectivity index (χ1) is 24.6. The molecule has 0 aromatic heterocycles. The van der Waals surface area contributed by atoms with Crippen LogP contribution in [0.4, 0.5) is 0 Å². The average Bonchev–Trinajstić information content (AvgIpc) is 4.06. The van der Waals surface area contributed by atoms with Crippen LogP contribution in [-0.4, -0.2) is 56.6 Å². The molecule has 0 spiro atoms. The summed E-state index contributed by atoms with van der Waals surface area (Å²) in [5, 5.41) is 0. The second-order valence-electron chi connectivity index (χ2n) is 15.7. The number of fused-ring (bicyclic) bond motifs is 2. The zero-order chi connectivity index (χ0) is 35.8. The van der Waals surface area contributed by atoms with E-state index in [4.69, 9.17) is 23.7 Å². The second-order valence-corrected chi connectivity index (χ2v) is 15.7. The molecule has 2 aromatic carbocycles. The lowest BCUT2D eigenvalue weighted by molar-refractivity contribution is -0.146. The fourth-order valence-electron chi connectivity index (χ4n) is 7.79. The predicted octanol–water partition coefficient (Wildman–Crippen LogP) is 7.43. The minimum absolute atomic E-state index is 0.171. The van der Waals surface area contributed by atoms with Crippen molar-refractivity contribution in [2.45, 2.75) is 133 Å². The summed E-state index contributed by atoms with van der Waals surface area (Å²) < 4.78 is 27.6. The number of carbonyl (C=O) groups excluding carboxylic acids is 4. The summed E-state index contributed by atoms with van der Waals surface area (Å²) in [5.74, 6) is 2.66. The highest BCUT2D eigenvalue weighted by Crippen LogP contribution is 2.54. The highest BCUT2D eigenvalue weighted by molar-refractivity contribution is 6.53. The van der Waals surface area contributed by atoms with E-state index in [1.165, 1.54) is 26.5 Å². The van der Waals surface area contributed by atoms with Crippen molar-refractivity contribution in [3.05, 3.63) is 59.7 Å². The zero-order valence-corrected chi connectivity index (χ0v) is 30.3. The maximum atomic E-state index is 12.4. The Hall–Kier alpha value is -3.66. The van der Waals surface area contributed by atoms with Gasteiger partial charge in [-0.3, -0.25) is 19.2 Å². The maximum Gasteiger partial charge on any atom is 0.311 e. The Labute approximate surface area is 302 Å². The van der Waals surface area contributed by atoms with Gasteiger partial charge in [0.15, 0.2) is 0 Å². The van der Waals surface area contributed by atoms with Gasteiger partial charge in [-0.2, -0.15) is 0 Å². The first-order valence-corrected chi connectivity index (χ1v) is 19.2. The van der Waals surface area contributed by atoms with E-state index >= 15 is 0 Å². The van der Waals surface area contributed by atoms with Gasteiger partial charge in [-0.15, -0.1) is 0 Å². The molecule has 2 aliphatic heterocycles. The fourth-order valence-corrected chi connectivity index (χ4v) is 7.79. The lowest BCUT2D eigenvalue weighted by atomic mass is 9.78. The summed E-state index contributed by atoms with van der Waals surface area (Å²) in [4.78, 5) is 49.1. The average molecular weight is 701 g/mol. The molecule has 10 heteroatoms. The first-order valence-electron chi connectivity index (χ1n) is 19.2. The number of carbonyl (C=O) groups is 4. The molecule has 2 heterocycles. The van der Waals surface area contributed by atoms with Crippen LogP contribution >= 0.6 is 0 Å². The van der Waals surface area contributed by atoms with Gasteiger partial charge in [0.25, 0.3) is 0 Å². The standard InChI is InChI=1S/C41H53BO9/c1-41(2,29-13-17-31(18-14-29)49-39(45)9-5-3-7-37(43)47-25-27-11-21-33-34(23-27)42-33)30-15-19-32(20-16-30)50-40(46)10-6-4-8-38(44)48-26-28-12-22-35-36(24-28)51-35/h13-20,27-28,33-36,42H,3-12,21-26H2,1-2H3. The van der Waals surface area contributed by atoms with Gasteiger partial charge in [-0.05, 0) is 98.6 Å². The summed E-state index contributed by atoms with van der Waals surface area (Å²) in [6, 6.07) is 15.0. The van der Waals surface area contributed by atoms with Crippen LogP contribution in [0.25, 0.3) is 0 Å². The Bertz CT molecular complexity index is 1390. The minimum atomic E-state index is -0.351. The van der Waals surface area contributed by atoms with Crippen molar-refractivity contribution in [1.82, 2.24) is 0 Å². The Morgan fingerprint density at radius 2 is 1.08 bits per heavy atom. The largest absolute Gasteiger partial charge is 0.465 e. The number of ether oxygens (including phenoxy) is 5. The Morgan fingerprint density at radius 1 is 0.608 bits per heavy atom. The minimum Gasteiger partial charge on any atom is -0.465 e. The molecule has 0 amide bonds. The van der Waals surface area contributed by atoms with Crippen LogP contribution in [0, 0.1) is 11.8 Å². The molecule has 2 aromatic rings. The van der Waals surface area contributed by atoms with E-state index in [2.05, 4.69) is 13.8 Å². The highest BCUT2D eigenvalue weighted by atomic mass is 16.6. The van der Waals surface area contributed by atoms with E-state index < -0.39 is 0 Å². The van der Waals surface area contributed by atoms with Gasteiger partial charge in [0.2, 0.25) is 0 Å². The number of hydrogen-bond donors (Lipinski definition) is 0. The molecule has 9 nitrogen and oxygen atoms in total. The Kier molecular flexibility index (Phi) is 12.5. The van der Waals surface area contributed by atoms with Crippen LogP contribution in [0.1, 0.15) is 115 Å². The van der Waals surface area contributed by atoms with Crippen LogP contribution in [0.2, 0.25) is 11.6 Å². The van der Waals surface area contributed by atoms with Crippen LogP contribution in [0.3, 0.4) is 0 Å². The summed E-state index contributed by atoms with van der Waals surface area (Å²) in [6.45, 7) is 5.21. The normalized spacial score (nSPS) is 24.6. The molecule has 6 unspecified atom stereocenters. The molecule has 2 aliphatic carbocycles. The molecule has 4 fully saturated rings. The molecule has 0 bridgehead atoms. The van der Waals surface area contributed by atoms with Gasteiger partial charge in [0.1, 0.15) is 18.8 Å². The number of benzene rings is 2. The lowest BCUT2D eigenvalue weighted by Crippen LogP contribution is -2.20. The predicted molar refractivity (Wildman–Crippen MR) is 193 cm³/mol. The van der Waals surface area contributed by atoms with Gasteiger partial charge in [0.05, 0.1) is 25.4 Å². The van der Waals surface area contributed by atoms with Crippen molar-refractivity contribution >= 4 is 31.2 Å². The quantitative estimate of drug-likeness (QED) is 0.0515. The number of esters is 4. The summed E-state index contributed by atoms with van der Waals surface area (Å²) in [7, 11) is 1.36. The molecular weight excluding hydrogens is 647 g/mol. The van der Waals surface area contributed by atoms with Crippen LogP contribution in [0.15, 0.2) is 48.5 Å². The third kappa shape index (κ3) is 11.2. The second kappa shape index (κ2) is 17.2. The van der Waals surface area contributed by atoms with E-state index in [0.717, 1.165) is 42.0 Å². The smallest absolute Gasteiger partial charge is 0.311 e. The van der Waals surface area contributed by atoms with Gasteiger partial charge >= 0.3 is 23.9 Å². The van der Waals surface area contributed by atoms with Gasteiger partial charge < -0.3 is 23.7 Å². The lowest BCUT2D eigenvalue weighted by Gasteiger charge is -2.26. The molecule has 0 radical (unpaired) electrons. The third-order valence-corrected chi connectivity index (χ3v) is 11.4. The van der Waals surface area contributed by atoms with Crippen LogP contribution in [-0.2, 0) is 38.8 Å². The molecule has 0 N–H and O–H groups in total. The molecule has 274 valence electrons. The fraction of sp³-hybridized carbons (Fsp3) is 0.610. The van der Waals surface area contributed by atoms with Crippen molar-refractivity contribution in [3.8, 4) is 11.5 Å². The van der Waals surface area contributed by atoms with Crippen LogP contribution < -0.4 is 9.47 Å². The SMILES string of the molecule is CC(C)(c1ccc(OC(=O)CCCCC(=O)OCC2CCC3BC3C2)cc1)c1ccc(OC(=O)CCCCC(=O)OCC2CCC3OC3C2)cc1. The Morgan fingerprint density at radius 3 is 1.57 bits per heavy atom. The van der Waals surface area contributed by atoms with Crippen molar-refractivity contribution in [1.29, 1.82) is 0 Å². The van der Waals surface area contributed by atoms with Crippen LogP contribution in [0.5, 0.6) is 11.5 Å². The number of unbranched alkanes of at least 4 members (excludes halogenated alkanes) is 2. The molecule has 6 atom stereocenters. The number of rotatable bonds is 18. The zero-order valence-electron chi connectivity index (χ0n) is 30.3. The van der Waals surface area contributed by atoms with Crippen molar-refractivity contribution in [3.63, 3.8) is 0 Å². The van der Waals surface area contributed by atoms with Gasteiger partial charge in [0, 0.05) is 31.1 Å². The molecule has 4 aliphatic rings. The third-order valence-electron chi connectivity index (χ3n) is 11.4. The van der Waals surface area contributed by atoms with Crippen molar-refractivity contribution in [2.75, 3.05) is 13.2 Å². The number of hydrogen-bond acceptors (Lipinski definition) is 9.